The first-order valence-corrected chi connectivity index (χ1v) is 5.98. The highest BCUT2D eigenvalue weighted by atomic mass is 32.2. The van der Waals surface area contributed by atoms with E-state index in [1.165, 1.54) is 0 Å². The summed E-state index contributed by atoms with van der Waals surface area (Å²) in [6.07, 6.45) is 2.01. The number of aromatic nitrogens is 2. The first-order valence-electron chi connectivity index (χ1n) is 3.94. The number of hydrogen-bond acceptors (Lipinski definition) is 4. The molecule has 70 valence electrons. The molecule has 1 N–H and O–H groups in total. The van der Waals surface area contributed by atoms with E-state index in [-0.39, 0.29) is 0 Å². The number of aromatic amines is 1. The summed E-state index contributed by atoms with van der Waals surface area (Å²) in [4.78, 5) is 8.55. The smallest absolute Gasteiger partial charge is 0.181 e. The van der Waals surface area contributed by atoms with E-state index in [1.807, 2.05) is 29.9 Å². The zero-order valence-corrected chi connectivity index (χ0v) is 9.08. The van der Waals surface area contributed by atoms with Gasteiger partial charge >= 0.3 is 0 Å². The summed E-state index contributed by atoms with van der Waals surface area (Å²) in [7, 11) is 0. The molecule has 0 aliphatic heterocycles. The summed E-state index contributed by atoms with van der Waals surface area (Å²) in [5.74, 6) is 0. The molecule has 0 amide bonds. The van der Waals surface area contributed by atoms with Gasteiger partial charge in [0.25, 0.3) is 0 Å². The zero-order chi connectivity index (χ0) is 9.97. The summed E-state index contributed by atoms with van der Waals surface area (Å²) >= 11 is 2.70. The van der Waals surface area contributed by atoms with Crippen molar-refractivity contribution in [3.63, 3.8) is 0 Å². The molecule has 5 heteroatoms. The van der Waals surface area contributed by atoms with Gasteiger partial charge in [-0.25, -0.2) is 4.98 Å². The predicted octanol–water partition coefficient (Wildman–Crippen LogP) is 2.86. The van der Waals surface area contributed by atoms with Crippen molar-refractivity contribution in [3.8, 4) is 5.40 Å². The topological polar surface area (TPSA) is 52.5 Å². The van der Waals surface area contributed by atoms with Gasteiger partial charge in [-0.2, -0.15) is 5.26 Å². The van der Waals surface area contributed by atoms with Gasteiger partial charge < -0.3 is 4.98 Å². The van der Waals surface area contributed by atoms with Crippen molar-refractivity contribution in [2.45, 2.75) is 10.1 Å². The fourth-order valence-electron chi connectivity index (χ4n) is 1.24. The lowest BCUT2D eigenvalue weighted by Gasteiger charge is -1.94. The molecule has 1 heterocycles. The number of thioether (sulfide) groups is 2. The van der Waals surface area contributed by atoms with Gasteiger partial charge in [0.1, 0.15) is 10.9 Å². The van der Waals surface area contributed by atoms with Crippen LogP contribution in [0.2, 0.25) is 0 Å². The highest BCUT2D eigenvalue weighted by Crippen LogP contribution is 2.26. The van der Waals surface area contributed by atoms with Gasteiger partial charge in [0.15, 0.2) is 5.16 Å². The van der Waals surface area contributed by atoms with Gasteiger partial charge in [-0.3, -0.25) is 0 Å². The number of hydrogen-bond donors (Lipinski definition) is 1. The predicted molar refractivity (Wildman–Crippen MR) is 59.3 cm³/mol. The van der Waals surface area contributed by atoms with Crippen LogP contribution in [0.5, 0.6) is 0 Å². The largest absolute Gasteiger partial charge is 0.332 e. The number of para-hydroxylation sites is 1. The number of imidazole rings is 1. The molecular weight excluding hydrogens is 214 g/mol. The van der Waals surface area contributed by atoms with Gasteiger partial charge in [0.2, 0.25) is 0 Å². The van der Waals surface area contributed by atoms with E-state index in [9.17, 15) is 0 Å². The van der Waals surface area contributed by atoms with Crippen molar-refractivity contribution in [3.05, 3.63) is 18.2 Å². The second-order valence-electron chi connectivity index (χ2n) is 2.59. The maximum atomic E-state index is 8.52. The lowest BCUT2D eigenvalue weighted by atomic mass is 10.3. The number of rotatable bonds is 2. The Morgan fingerprint density at radius 2 is 2.36 bits per heavy atom. The van der Waals surface area contributed by atoms with E-state index < -0.39 is 0 Å². The number of nitrogens with one attached hydrogen (secondary N) is 1. The normalized spacial score (nSPS) is 10.3. The number of nitriles is 1. The minimum atomic E-state index is 0.656. The Morgan fingerprint density at radius 3 is 3.07 bits per heavy atom. The van der Waals surface area contributed by atoms with Crippen molar-refractivity contribution < 1.29 is 0 Å². The molecule has 0 radical (unpaired) electrons. The fraction of sp³-hybridized carbons (Fsp3) is 0.111. The van der Waals surface area contributed by atoms with Gasteiger partial charge in [0, 0.05) is 16.7 Å². The van der Waals surface area contributed by atoms with Crippen LogP contribution in [0.1, 0.15) is 0 Å². The van der Waals surface area contributed by atoms with Crippen molar-refractivity contribution in [1.82, 2.24) is 9.97 Å². The molecular formula is C9H7N3S2. The van der Waals surface area contributed by atoms with E-state index in [4.69, 9.17) is 5.26 Å². The molecule has 0 unspecified atom stereocenters. The SMILES string of the molecule is CSc1cccc2[nH]c(SC#N)nc12. The third kappa shape index (κ3) is 1.59. The number of benzene rings is 1. The monoisotopic (exact) mass is 221 g/mol. The molecule has 0 aliphatic rings. The van der Waals surface area contributed by atoms with Crippen molar-refractivity contribution in [2.75, 3.05) is 6.26 Å². The summed E-state index contributed by atoms with van der Waals surface area (Å²) in [5.41, 5.74) is 1.92. The summed E-state index contributed by atoms with van der Waals surface area (Å²) in [5, 5.41) is 11.2. The molecule has 2 aromatic rings. The quantitative estimate of drug-likeness (QED) is 0.626. The Hall–Kier alpha value is -1.12. The number of fused-ring (bicyclic) bond motifs is 1. The Labute approximate surface area is 89.9 Å². The highest BCUT2D eigenvalue weighted by molar-refractivity contribution is 8.03. The van der Waals surface area contributed by atoms with Gasteiger partial charge in [-0.1, -0.05) is 6.07 Å². The Bertz CT molecular complexity index is 498. The first-order chi connectivity index (χ1) is 6.85. The van der Waals surface area contributed by atoms with Crippen LogP contribution in [0.3, 0.4) is 0 Å². The number of H-pyrrole nitrogens is 1. The number of nitrogens with zero attached hydrogens (tertiary/aromatic N) is 2. The molecule has 1 aromatic heterocycles. The van der Waals surface area contributed by atoms with Crippen molar-refractivity contribution in [1.29, 1.82) is 5.26 Å². The van der Waals surface area contributed by atoms with Crippen LogP contribution in [0.15, 0.2) is 28.3 Å². The lowest BCUT2D eigenvalue weighted by Crippen LogP contribution is -1.73. The number of thiocyanates is 1. The van der Waals surface area contributed by atoms with Crippen LogP contribution in [0.25, 0.3) is 11.0 Å². The molecule has 0 aliphatic carbocycles. The molecule has 0 fully saturated rings. The third-order valence-corrected chi connectivity index (χ3v) is 3.06. The summed E-state index contributed by atoms with van der Waals surface area (Å²) in [6.45, 7) is 0. The standard InChI is InChI=1S/C9H7N3S2/c1-13-7-4-2-3-6-8(7)12-9(11-6)14-5-10/h2-4H,1H3,(H,11,12). The van der Waals surface area contributed by atoms with Crippen LogP contribution in [-0.2, 0) is 0 Å². The van der Waals surface area contributed by atoms with E-state index in [0.717, 1.165) is 27.7 Å². The minimum Gasteiger partial charge on any atom is -0.332 e. The third-order valence-electron chi connectivity index (χ3n) is 1.82. The minimum absolute atomic E-state index is 0.656. The van der Waals surface area contributed by atoms with E-state index in [1.54, 1.807) is 11.8 Å². The maximum Gasteiger partial charge on any atom is 0.181 e. The van der Waals surface area contributed by atoms with Crippen LogP contribution < -0.4 is 0 Å². The molecule has 0 saturated carbocycles. The molecule has 0 bridgehead atoms. The van der Waals surface area contributed by atoms with Gasteiger partial charge in [-0.15, -0.1) is 11.8 Å². The Balaban J connectivity index is 2.59. The fourth-order valence-corrected chi connectivity index (χ4v) is 2.19. The van der Waals surface area contributed by atoms with E-state index >= 15 is 0 Å². The lowest BCUT2D eigenvalue weighted by molar-refractivity contribution is 1.08. The second kappa shape index (κ2) is 3.95. The molecule has 1 aromatic carbocycles. The highest BCUT2D eigenvalue weighted by Gasteiger charge is 2.06. The first kappa shape index (κ1) is 9.44. The summed E-state index contributed by atoms with van der Waals surface area (Å²) < 4.78 is 0. The van der Waals surface area contributed by atoms with Crippen molar-refractivity contribution >= 4 is 34.6 Å². The van der Waals surface area contributed by atoms with Crippen LogP contribution in [0, 0.1) is 10.7 Å². The molecule has 0 spiro atoms. The molecule has 14 heavy (non-hydrogen) atoms. The Morgan fingerprint density at radius 1 is 1.50 bits per heavy atom. The van der Waals surface area contributed by atoms with Gasteiger partial charge in [0.05, 0.1) is 5.52 Å². The maximum absolute atomic E-state index is 8.52. The molecule has 2 rings (SSSR count). The molecule has 0 atom stereocenters. The van der Waals surface area contributed by atoms with E-state index in [2.05, 4.69) is 9.97 Å². The summed E-state index contributed by atoms with van der Waals surface area (Å²) in [6, 6.07) is 5.96. The van der Waals surface area contributed by atoms with Crippen LogP contribution in [-0.4, -0.2) is 16.2 Å². The van der Waals surface area contributed by atoms with Crippen LogP contribution >= 0.6 is 23.5 Å². The Kier molecular flexibility index (Phi) is 2.66. The second-order valence-corrected chi connectivity index (χ2v) is 4.21. The van der Waals surface area contributed by atoms with Crippen molar-refractivity contribution in [2.24, 2.45) is 0 Å². The average Bonchev–Trinajstić information content (AvgIpc) is 2.60. The zero-order valence-electron chi connectivity index (χ0n) is 7.44. The average molecular weight is 221 g/mol. The van der Waals surface area contributed by atoms with Gasteiger partial charge in [-0.05, 0) is 18.4 Å². The molecule has 3 nitrogen and oxygen atoms in total. The van der Waals surface area contributed by atoms with Crippen LogP contribution in [0.4, 0.5) is 0 Å². The molecule has 0 saturated heterocycles. The van der Waals surface area contributed by atoms with E-state index in [0.29, 0.717) is 5.16 Å².